The van der Waals surface area contributed by atoms with Crippen molar-refractivity contribution >= 4 is 33.9 Å². The van der Waals surface area contributed by atoms with Crippen LogP contribution in [-0.4, -0.2) is 62.3 Å². The van der Waals surface area contributed by atoms with Crippen molar-refractivity contribution in [2.24, 2.45) is 7.05 Å². The first-order valence-electron chi connectivity index (χ1n) is 12.4. The van der Waals surface area contributed by atoms with Crippen LogP contribution in [0.25, 0.3) is 22.2 Å². The van der Waals surface area contributed by atoms with E-state index in [2.05, 4.69) is 36.0 Å². The number of H-pyrrole nitrogens is 1. The number of ether oxygens (including phenoxy) is 1. The highest BCUT2D eigenvalue weighted by Gasteiger charge is 2.43. The first kappa shape index (κ1) is 26.6. The van der Waals surface area contributed by atoms with Gasteiger partial charge in [-0.3, -0.25) is 13.5 Å². The Hall–Kier alpha value is -2.66. The van der Waals surface area contributed by atoms with Crippen LogP contribution in [-0.2, 0) is 38.6 Å². The number of halogens is 4. The summed E-state index contributed by atoms with van der Waals surface area (Å²) >= 11 is 1.70. The van der Waals surface area contributed by atoms with Crippen LogP contribution in [0.15, 0.2) is 36.7 Å². The quantitative estimate of drug-likeness (QED) is 0.196. The summed E-state index contributed by atoms with van der Waals surface area (Å²) in [6, 6.07) is 8.78. The molecule has 3 aromatic heterocycles. The number of fused-ring (bicyclic) bond motifs is 1. The van der Waals surface area contributed by atoms with Gasteiger partial charge in [-0.2, -0.15) is 18.3 Å². The molecule has 5 heterocycles. The minimum atomic E-state index is -4.66. The van der Waals surface area contributed by atoms with Gasteiger partial charge in [0, 0.05) is 49.0 Å². The van der Waals surface area contributed by atoms with E-state index in [1.165, 1.54) is 0 Å². The van der Waals surface area contributed by atoms with E-state index in [1.807, 2.05) is 35.9 Å². The van der Waals surface area contributed by atoms with Crippen LogP contribution in [0.4, 0.5) is 13.2 Å². The van der Waals surface area contributed by atoms with E-state index in [0.29, 0.717) is 54.9 Å². The van der Waals surface area contributed by atoms with Crippen molar-refractivity contribution in [3.63, 3.8) is 0 Å². The summed E-state index contributed by atoms with van der Waals surface area (Å²) in [4.78, 5) is 4.02. The molecule has 2 aliphatic heterocycles. The largest absolute Gasteiger partial charge is 0.433 e. The predicted molar refractivity (Wildman–Crippen MR) is 144 cm³/mol. The maximum Gasteiger partial charge on any atom is 0.433 e. The van der Waals surface area contributed by atoms with Crippen molar-refractivity contribution in [1.29, 1.82) is 0 Å². The molecular weight excluding hydrogens is 628 g/mol. The van der Waals surface area contributed by atoms with Crippen LogP contribution in [0.3, 0.4) is 0 Å². The molecule has 0 bridgehead atoms. The number of benzene rings is 1. The van der Waals surface area contributed by atoms with Gasteiger partial charge in [0.2, 0.25) is 0 Å². The Kier molecular flexibility index (Phi) is 6.65. The average Bonchev–Trinajstić information content (AvgIpc) is 3.48. The van der Waals surface area contributed by atoms with Gasteiger partial charge >= 0.3 is 6.18 Å². The van der Waals surface area contributed by atoms with E-state index in [1.54, 1.807) is 36.3 Å². The third-order valence-electron chi connectivity index (χ3n) is 7.52. The molecule has 0 aliphatic carbocycles. The summed E-state index contributed by atoms with van der Waals surface area (Å²) in [6.45, 7) is 4.04. The molecular formula is C25H26F3IN8O2. The third kappa shape index (κ3) is 4.71. The predicted octanol–water partition coefficient (Wildman–Crippen LogP) is 3.38. The Bertz CT molecular complexity index is 1510. The fraction of sp³-hybridized carbons (Fsp3) is 0.440. The van der Waals surface area contributed by atoms with Crippen LogP contribution in [0.2, 0.25) is 0 Å². The Morgan fingerprint density at radius 3 is 2.64 bits per heavy atom. The molecule has 39 heavy (non-hydrogen) atoms. The van der Waals surface area contributed by atoms with E-state index in [9.17, 15) is 13.2 Å². The van der Waals surface area contributed by atoms with E-state index in [-0.39, 0.29) is 17.2 Å². The van der Waals surface area contributed by atoms with Gasteiger partial charge in [0.05, 0.1) is 18.7 Å². The molecule has 0 saturated carbocycles. The van der Waals surface area contributed by atoms with Gasteiger partial charge in [-0.05, 0) is 24.6 Å². The van der Waals surface area contributed by atoms with Gasteiger partial charge in [0.15, 0.2) is 5.72 Å². The first-order valence-corrected chi connectivity index (χ1v) is 13.3. The summed E-state index contributed by atoms with van der Waals surface area (Å²) in [7, 11) is 1.89. The minimum Gasteiger partial charge on any atom is -0.379 e. The molecule has 0 unspecified atom stereocenters. The molecule has 10 nitrogen and oxygen atoms in total. The molecule has 0 amide bonds. The van der Waals surface area contributed by atoms with Crippen molar-refractivity contribution in [3.05, 3.63) is 59.4 Å². The average molecular weight is 654 g/mol. The molecule has 2 fully saturated rings. The molecule has 2 aliphatic rings. The Balaban J connectivity index is 1.45. The molecule has 3 N–H and O–H groups in total. The number of nitrogens with zero attached hydrogens (tertiary/aromatic N) is 5. The van der Waals surface area contributed by atoms with Crippen molar-refractivity contribution in [1.82, 2.24) is 40.6 Å². The fourth-order valence-corrected chi connectivity index (χ4v) is 5.46. The molecule has 1 aromatic carbocycles. The monoisotopic (exact) mass is 654 g/mol. The molecule has 206 valence electrons. The lowest BCUT2D eigenvalue weighted by Gasteiger charge is -2.41. The summed E-state index contributed by atoms with van der Waals surface area (Å²) in [5.41, 5.74) is -0.0720. The number of nitrogens with one attached hydrogen (secondary N) is 3. The standard InChI is InChI=1S/C25H26F3IN8O2/c1-23(39-29,33-16-9-30-10-16)22-21-17(7-18(32-22)25(26,27)28)20(35-36-21)14-4-3-5-15(6-14)24(11-38-12-24)8-19-34-31-13-37(19)2/h3-7,13,16,30,33H,8-12H2,1-2H3,(H,35,36)/t23-/m1/s1. The second-order valence-electron chi connectivity index (χ2n) is 10.3. The SMILES string of the molecule is Cn1cnnc1CC1(c2cccc(-c3n[nH]c4c([C@](C)(NC5CNC5)OI)nc(C(F)(F)F)cc34)c2)COC1. The lowest BCUT2D eigenvalue weighted by molar-refractivity contribution is -0.141. The first-order chi connectivity index (χ1) is 18.6. The van der Waals surface area contributed by atoms with Crippen molar-refractivity contribution in [3.8, 4) is 11.3 Å². The van der Waals surface area contributed by atoms with Gasteiger partial charge in [0.25, 0.3) is 0 Å². The van der Waals surface area contributed by atoms with Crippen LogP contribution >= 0.6 is 23.0 Å². The third-order valence-corrected chi connectivity index (χ3v) is 8.40. The van der Waals surface area contributed by atoms with Crippen LogP contribution < -0.4 is 10.6 Å². The highest BCUT2D eigenvalue weighted by molar-refractivity contribution is 14.1. The van der Waals surface area contributed by atoms with Gasteiger partial charge in [-0.15, -0.1) is 10.2 Å². The molecule has 2 saturated heterocycles. The van der Waals surface area contributed by atoms with Gasteiger partial charge in [0.1, 0.15) is 52.2 Å². The zero-order valence-electron chi connectivity index (χ0n) is 21.1. The zero-order valence-corrected chi connectivity index (χ0v) is 23.3. The lowest BCUT2D eigenvalue weighted by Crippen LogP contribution is -2.61. The minimum absolute atomic E-state index is 0.0324. The maximum atomic E-state index is 14.1. The fourth-order valence-electron chi connectivity index (χ4n) is 5.12. The van der Waals surface area contributed by atoms with Gasteiger partial charge < -0.3 is 14.6 Å². The number of aromatic amines is 1. The number of alkyl halides is 3. The second kappa shape index (κ2) is 9.76. The molecule has 6 rings (SSSR count). The molecule has 0 spiro atoms. The second-order valence-corrected chi connectivity index (χ2v) is 10.8. The zero-order chi connectivity index (χ0) is 27.4. The maximum absolute atomic E-state index is 14.1. The summed E-state index contributed by atoms with van der Waals surface area (Å²) < 4.78 is 55.4. The number of aromatic nitrogens is 6. The van der Waals surface area contributed by atoms with Crippen LogP contribution in [0, 0.1) is 0 Å². The summed E-state index contributed by atoms with van der Waals surface area (Å²) in [6.07, 6.45) is -2.39. The molecule has 1 atom stereocenters. The highest BCUT2D eigenvalue weighted by Crippen LogP contribution is 2.41. The number of hydrogen-bond donors (Lipinski definition) is 3. The van der Waals surface area contributed by atoms with E-state index in [4.69, 9.17) is 7.80 Å². The lowest BCUT2D eigenvalue weighted by atomic mass is 9.75. The van der Waals surface area contributed by atoms with Crippen molar-refractivity contribution in [2.75, 3.05) is 26.3 Å². The van der Waals surface area contributed by atoms with Gasteiger partial charge in [-0.25, -0.2) is 4.98 Å². The molecule has 4 aromatic rings. The topological polar surface area (TPSA) is 115 Å². The molecule has 14 heteroatoms. The normalized spacial score (nSPS) is 19.0. The highest BCUT2D eigenvalue weighted by atomic mass is 127. The Morgan fingerprint density at radius 2 is 2.05 bits per heavy atom. The summed E-state index contributed by atoms with van der Waals surface area (Å²) in [5.74, 6) is 0.826. The Morgan fingerprint density at radius 1 is 1.26 bits per heavy atom. The van der Waals surface area contributed by atoms with Crippen molar-refractivity contribution < 1.29 is 21.0 Å². The Labute approximate surface area is 235 Å². The number of aryl methyl sites for hydroxylation is 1. The number of hydrogen-bond acceptors (Lipinski definition) is 8. The van der Waals surface area contributed by atoms with Crippen LogP contribution in [0.1, 0.15) is 29.7 Å². The van der Waals surface area contributed by atoms with E-state index < -0.39 is 17.6 Å². The number of pyridine rings is 1. The number of rotatable bonds is 8. The molecule has 0 radical (unpaired) electrons. The van der Waals surface area contributed by atoms with E-state index >= 15 is 0 Å². The van der Waals surface area contributed by atoms with Crippen LogP contribution in [0.5, 0.6) is 0 Å². The van der Waals surface area contributed by atoms with Gasteiger partial charge in [-0.1, -0.05) is 18.2 Å². The summed E-state index contributed by atoms with van der Waals surface area (Å²) in [5, 5.41) is 22.4. The van der Waals surface area contributed by atoms with Crippen molar-refractivity contribution in [2.45, 2.75) is 36.7 Å². The van der Waals surface area contributed by atoms with E-state index in [0.717, 1.165) is 17.5 Å². The smallest absolute Gasteiger partial charge is 0.379 e.